The molecule has 3 N–H and O–H groups in total. The molecule has 0 spiro atoms. The van der Waals surface area contributed by atoms with E-state index in [2.05, 4.69) is 0 Å². The van der Waals surface area contributed by atoms with Gasteiger partial charge in [-0.05, 0) is 35.0 Å². The fourth-order valence-electron chi connectivity index (χ4n) is 1.45. The fourth-order valence-corrected chi connectivity index (χ4v) is 1.45. The molecule has 0 aliphatic rings. The van der Waals surface area contributed by atoms with Crippen LogP contribution in [-0.4, -0.2) is 15.3 Å². The summed E-state index contributed by atoms with van der Waals surface area (Å²) in [4.78, 5) is 0. The smallest absolute Gasteiger partial charge is 0.121 e. The number of hydrogen-bond donors (Lipinski definition) is 3. The Kier molecular flexibility index (Phi) is 2.02. The average Bonchev–Trinajstić information content (AvgIpc) is 2.17. The molecule has 0 radical (unpaired) electrons. The first-order chi connectivity index (χ1) is 6.70. The van der Waals surface area contributed by atoms with E-state index in [9.17, 15) is 10.2 Å². The van der Waals surface area contributed by atoms with Crippen molar-refractivity contribution in [3.63, 3.8) is 0 Å². The molecule has 3 nitrogen and oxygen atoms in total. The van der Waals surface area contributed by atoms with Crippen LogP contribution in [0, 0.1) is 0 Å². The van der Waals surface area contributed by atoms with Crippen LogP contribution in [0.5, 0.6) is 11.5 Å². The van der Waals surface area contributed by atoms with Gasteiger partial charge in [-0.2, -0.15) is 0 Å². The maximum Gasteiger partial charge on any atom is 0.121 e. The lowest BCUT2D eigenvalue weighted by atomic mass is 10.1. The predicted octanol–water partition coefficient (Wildman–Crippen LogP) is 1.74. The van der Waals surface area contributed by atoms with E-state index in [0.29, 0.717) is 5.56 Å². The third kappa shape index (κ3) is 1.38. The third-order valence-corrected chi connectivity index (χ3v) is 2.19. The van der Waals surface area contributed by atoms with Crippen LogP contribution in [0.3, 0.4) is 0 Å². The predicted molar refractivity (Wildman–Crippen MR) is 53.2 cm³/mol. The molecule has 72 valence electrons. The van der Waals surface area contributed by atoms with Gasteiger partial charge >= 0.3 is 0 Å². The number of benzene rings is 2. The lowest BCUT2D eigenvalue weighted by molar-refractivity contribution is 0.276. The molecule has 2 rings (SSSR count). The van der Waals surface area contributed by atoms with Gasteiger partial charge in [0, 0.05) is 5.56 Å². The summed E-state index contributed by atoms with van der Waals surface area (Å²) in [6.45, 7) is -0.211. The Balaban J connectivity index is 2.73. The topological polar surface area (TPSA) is 60.7 Å². The number of aromatic hydroxyl groups is 2. The molecule has 2 aromatic rings. The molecule has 0 amide bonds. The van der Waals surface area contributed by atoms with Crippen molar-refractivity contribution in [2.24, 2.45) is 0 Å². The number of fused-ring (bicyclic) bond motifs is 1. The molecule has 0 aliphatic carbocycles. The highest BCUT2D eigenvalue weighted by Crippen LogP contribution is 2.27. The Morgan fingerprint density at radius 1 is 0.929 bits per heavy atom. The Morgan fingerprint density at radius 3 is 2.43 bits per heavy atom. The van der Waals surface area contributed by atoms with Gasteiger partial charge in [-0.25, -0.2) is 0 Å². The highest BCUT2D eigenvalue weighted by Gasteiger charge is 2.03. The summed E-state index contributed by atoms with van der Waals surface area (Å²) in [6, 6.07) is 8.09. The summed E-state index contributed by atoms with van der Waals surface area (Å²) >= 11 is 0. The molecule has 0 saturated heterocycles. The molecule has 0 fully saturated rings. The zero-order valence-corrected chi connectivity index (χ0v) is 7.44. The molecule has 0 unspecified atom stereocenters. The highest BCUT2D eigenvalue weighted by atomic mass is 16.3. The number of rotatable bonds is 1. The molecule has 0 aliphatic heterocycles. The van der Waals surface area contributed by atoms with E-state index in [0.717, 1.165) is 10.8 Å². The van der Waals surface area contributed by atoms with Crippen LogP contribution in [0.15, 0.2) is 30.3 Å². The van der Waals surface area contributed by atoms with Gasteiger partial charge in [0.25, 0.3) is 0 Å². The summed E-state index contributed by atoms with van der Waals surface area (Å²) in [6.07, 6.45) is 0. The number of phenolic OH excluding ortho intramolecular Hbond substituents is 1. The summed E-state index contributed by atoms with van der Waals surface area (Å²) in [5.74, 6) is 0.248. The van der Waals surface area contributed by atoms with Crippen molar-refractivity contribution in [1.29, 1.82) is 0 Å². The normalized spacial score (nSPS) is 10.6. The third-order valence-electron chi connectivity index (χ3n) is 2.19. The molecule has 2 aromatic carbocycles. The van der Waals surface area contributed by atoms with Gasteiger partial charge in [-0.15, -0.1) is 0 Å². The van der Waals surface area contributed by atoms with E-state index in [4.69, 9.17) is 5.11 Å². The molecule has 0 atom stereocenters. The average molecular weight is 190 g/mol. The highest BCUT2D eigenvalue weighted by molar-refractivity contribution is 5.86. The molecule has 14 heavy (non-hydrogen) atoms. The van der Waals surface area contributed by atoms with Crippen molar-refractivity contribution in [3.05, 3.63) is 35.9 Å². The summed E-state index contributed by atoms with van der Waals surface area (Å²) in [7, 11) is 0. The monoisotopic (exact) mass is 190 g/mol. The van der Waals surface area contributed by atoms with Gasteiger partial charge < -0.3 is 15.3 Å². The molecule has 0 bridgehead atoms. The molecule has 0 saturated carbocycles. The van der Waals surface area contributed by atoms with E-state index in [1.165, 1.54) is 0 Å². The van der Waals surface area contributed by atoms with Gasteiger partial charge in [0.1, 0.15) is 11.5 Å². The Morgan fingerprint density at radius 2 is 1.71 bits per heavy atom. The van der Waals surface area contributed by atoms with Crippen molar-refractivity contribution < 1.29 is 15.3 Å². The number of aliphatic hydroxyl groups is 1. The van der Waals surface area contributed by atoms with E-state index in [-0.39, 0.29) is 18.1 Å². The second-order valence-electron chi connectivity index (χ2n) is 3.17. The van der Waals surface area contributed by atoms with Crippen LogP contribution in [-0.2, 0) is 6.61 Å². The molecule has 0 heterocycles. The largest absolute Gasteiger partial charge is 0.508 e. The maximum atomic E-state index is 9.46. The zero-order valence-electron chi connectivity index (χ0n) is 7.44. The van der Waals surface area contributed by atoms with Gasteiger partial charge in [0.05, 0.1) is 6.61 Å². The van der Waals surface area contributed by atoms with Crippen molar-refractivity contribution in [2.45, 2.75) is 6.61 Å². The van der Waals surface area contributed by atoms with Crippen LogP contribution in [0.25, 0.3) is 10.8 Å². The molecule has 0 aromatic heterocycles. The van der Waals surface area contributed by atoms with Crippen molar-refractivity contribution in [1.82, 2.24) is 0 Å². The van der Waals surface area contributed by atoms with Gasteiger partial charge in [-0.1, -0.05) is 6.07 Å². The van der Waals surface area contributed by atoms with Crippen LogP contribution >= 0.6 is 0 Å². The van der Waals surface area contributed by atoms with Gasteiger partial charge in [0.2, 0.25) is 0 Å². The lowest BCUT2D eigenvalue weighted by Crippen LogP contribution is -1.84. The van der Waals surface area contributed by atoms with Crippen molar-refractivity contribution in [3.8, 4) is 11.5 Å². The van der Waals surface area contributed by atoms with E-state index in [1.54, 1.807) is 30.3 Å². The molecular weight excluding hydrogens is 180 g/mol. The first-order valence-corrected chi connectivity index (χ1v) is 4.26. The Hall–Kier alpha value is -1.74. The van der Waals surface area contributed by atoms with Crippen molar-refractivity contribution >= 4 is 10.8 Å². The second-order valence-corrected chi connectivity index (χ2v) is 3.17. The molecular formula is C11H10O3. The second kappa shape index (κ2) is 3.20. The van der Waals surface area contributed by atoms with Crippen LogP contribution < -0.4 is 0 Å². The first kappa shape index (κ1) is 8.84. The van der Waals surface area contributed by atoms with E-state index >= 15 is 0 Å². The number of aliphatic hydroxyl groups excluding tert-OH is 1. The summed E-state index contributed by atoms with van der Waals surface area (Å²) < 4.78 is 0. The lowest BCUT2D eigenvalue weighted by Gasteiger charge is -2.04. The minimum absolute atomic E-state index is 0.0747. The number of phenols is 2. The van der Waals surface area contributed by atoms with E-state index < -0.39 is 0 Å². The summed E-state index contributed by atoms with van der Waals surface area (Å²) in [5, 5.41) is 29.2. The van der Waals surface area contributed by atoms with Crippen LogP contribution in [0.4, 0.5) is 0 Å². The van der Waals surface area contributed by atoms with Crippen LogP contribution in [0.1, 0.15) is 5.56 Å². The molecule has 3 heteroatoms. The minimum Gasteiger partial charge on any atom is -0.508 e. The minimum atomic E-state index is -0.211. The fraction of sp³-hybridized carbons (Fsp3) is 0.0909. The van der Waals surface area contributed by atoms with Crippen molar-refractivity contribution in [2.75, 3.05) is 0 Å². The maximum absolute atomic E-state index is 9.46. The van der Waals surface area contributed by atoms with Gasteiger partial charge in [-0.3, -0.25) is 0 Å². The quantitative estimate of drug-likeness (QED) is 0.642. The van der Waals surface area contributed by atoms with Crippen LogP contribution in [0.2, 0.25) is 0 Å². The Bertz CT molecular complexity index is 477. The number of hydrogen-bond acceptors (Lipinski definition) is 3. The van der Waals surface area contributed by atoms with E-state index in [1.807, 2.05) is 0 Å². The van der Waals surface area contributed by atoms with Gasteiger partial charge in [0.15, 0.2) is 0 Å². The zero-order chi connectivity index (χ0) is 10.1. The Labute approximate surface area is 80.9 Å². The standard InChI is InChI=1S/C11H10O3/c12-6-9-3-8-4-10(13)2-1-7(8)5-11(9)14/h1-5,12-14H,6H2. The summed E-state index contributed by atoms with van der Waals surface area (Å²) in [5.41, 5.74) is 0.461. The SMILES string of the molecule is OCc1cc2cc(O)ccc2cc1O. The first-order valence-electron chi connectivity index (χ1n) is 4.26.